The molecule has 1 aromatic rings. The van der Waals surface area contributed by atoms with Crippen LogP contribution in [0.2, 0.25) is 0 Å². The van der Waals surface area contributed by atoms with E-state index in [9.17, 15) is 5.11 Å². The van der Waals surface area contributed by atoms with Gasteiger partial charge in [0, 0.05) is 19.6 Å². The van der Waals surface area contributed by atoms with Crippen LogP contribution in [0.5, 0.6) is 0 Å². The molecule has 19 heavy (non-hydrogen) atoms. The van der Waals surface area contributed by atoms with E-state index in [0.717, 1.165) is 26.2 Å². The van der Waals surface area contributed by atoms with E-state index in [1.165, 1.54) is 5.56 Å². The molecule has 0 spiro atoms. The molecule has 1 aromatic carbocycles. The van der Waals surface area contributed by atoms with Crippen LogP contribution in [0.4, 0.5) is 0 Å². The molecular weight excluding hydrogens is 236 g/mol. The minimum Gasteiger partial charge on any atom is -0.390 e. The average Bonchev–Trinajstić information content (AvgIpc) is 2.38. The Bertz CT molecular complexity index is 327. The first kappa shape index (κ1) is 16.2. The summed E-state index contributed by atoms with van der Waals surface area (Å²) >= 11 is 0. The minimum atomic E-state index is -0.303. The third-order valence-electron chi connectivity index (χ3n) is 3.10. The molecule has 0 aliphatic carbocycles. The highest BCUT2D eigenvalue weighted by Gasteiger charge is 2.10. The van der Waals surface area contributed by atoms with Crippen molar-refractivity contribution >= 4 is 0 Å². The van der Waals surface area contributed by atoms with E-state index in [0.29, 0.717) is 12.5 Å². The summed E-state index contributed by atoms with van der Waals surface area (Å²) in [4.78, 5) is 2.27. The topological polar surface area (TPSA) is 35.5 Å². The summed E-state index contributed by atoms with van der Waals surface area (Å²) in [6.07, 6.45) is -0.303. The Morgan fingerprint density at radius 3 is 2.42 bits per heavy atom. The first-order chi connectivity index (χ1) is 9.11. The fraction of sp³-hybridized carbons (Fsp3) is 0.625. The van der Waals surface area contributed by atoms with Gasteiger partial charge in [0.25, 0.3) is 0 Å². The number of likely N-dealkylation sites (N-methyl/N-ethyl adjacent to an activating group) is 1. The number of hydrogen-bond acceptors (Lipinski definition) is 3. The standard InChI is InChI=1S/C16H28N2O/c1-4-18(12-15-8-6-5-7-9-15)13-16(19)11-17-10-14(2)3/h5-9,14,16-17,19H,4,10-13H2,1-3H3. The molecule has 0 radical (unpaired) electrons. The second-order valence-electron chi connectivity index (χ2n) is 5.52. The number of benzene rings is 1. The molecule has 0 amide bonds. The quantitative estimate of drug-likeness (QED) is 0.717. The summed E-state index contributed by atoms with van der Waals surface area (Å²) in [6, 6.07) is 10.4. The molecule has 0 fully saturated rings. The summed E-state index contributed by atoms with van der Waals surface area (Å²) < 4.78 is 0. The van der Waals surface area contributed by atoms with Crippen LogP contribution < -0.4 is 5.32 Å². The smallest absolute Gasteiger partial charge is 0.0791 e. The summed E-state index contributed by atoms with van der Waals surface area (Å²) in [7, 11) is 0. The molecule has 1 unspecified atom stereocenters. The highest BCUT2D eigenvalue weighted by molar-refractivity contribution is 5.14. The van der Waals surface area contributed by atoms with Crippen molar-refractivity contribution in [2.75, 3.05) is 26.2 Å². The maximum Gasteiger partial charge on any atom is 0.0791 e. The number of aliphatic hydroxyl groups excluding tert-OH is 1. The Morgan fingerprint density at radius 2 is 1.84 bits per heavy atom. The Morgan fingerprint density at radius 1 is 1.16 bits per heavy atom. The zero-order valence-corrected chi connectivity index (χ0v) is 12.5. The SMILES string of the molecule is CCN(Cc1ccccc1)CC(O)CNCC(C)C. The third-order valence-corrected chi connectivity index (χ3v) is 3.10. The summed E-state index contributed by atoms with van der Waals surface area (Å²) in [6.45, 7) is 10.7. The minimum absolute atomic E-state index is 0.303. The van der Waals surface area contributed by atoms with Crippen molar-refractivity contribution in [3.63, 3.8) is 0 Å². The molecule has 3 nitrogen and oxygen atoms in total. The fourth-order valence-corrected chi connectivity index (χ4v) is 2.05. The van der Waals surface area contributed by atoms with Gasteiger partial charge < -0.3 is 10.4 Å². The zero-order chi connectivity index (χ0) is 14.1. The van der Waals surface area contributed by atoms with Gasteiger partial charge in [-0.05, 0) is 24.6 Å². The lowest BCUT2D eigenvalue weighted by Gasteiger charge is -2.24. The van der Waals surface area contributed by atoms with Gasteiger partial charge in [0.2, 0.25) is 0 Å². The molecule has 0 aliphatic rings. The summed E-state index contributed by atoms with van der Waals surface area (Å²) in [5.74, 6) is 0.624. The lowest BCUT2D eigenvalue weighted by atomic mass is 10.2. The molecule has 0 saturated carbocycles. The summed E-state index contributed by atoms with van der Waals surface area (Å²) in [5.41, 5.74) is 1.30. The van der Waals surface area contributed by atoms with E-state index in [1.807, 2.05) is 6.07 Å². The van der Waals surface area contributed by atoms with Gasteiger partial charge in [-0.15, -0.1) is 0 Å². The van der Waals surface area contributed by atoms with Gasteiger partial charge in [0.1, 0.15) is 0 Å². The number of aliphatic hydroxyl groups is 1. The van der Waals surface area contributed by atoms with Crippen molar-refractivity contribution < 1.29 is 5.11 Å². The van der Waals surface area contributed by atoms with Gasteiger partial charge >= 0.3 is 0 Å². The van der Waals surface area contributed by atoms with Crippen LogP contribution in [0.25, 0.3) is 0 Å². The van der Waals surface area contributed by atoms with Gasteiger partial charge in [-0.3, -0.25) is 4.90 Å². The van der Waals surface area contributed by atoms with Crippen molar-refractivity contribution in [2.24, 2.45) is 5.92 Å². The Kier molecular flexibility index (Phi) is 7.72. The zero-order valence-electron chi connectivity index (χ0n) is 12.5. The van der Waals surface area contributed by atoms with Crippen LogP contribution in [0.3, 0.4) is 0 Å². The highest BCUT2D eigenvalue weighted by Crippen LogP contribution is 2.04. The second-order valence-corrected chi connectivity index (χ2v) is 5.52. The van der Waals surface area contributed by atoms with E-state index in [-0.39, 0.29) is 6.10 Å². The molecule has 0 heterocycles. The first-order valence-electron chi connectivity index (χ1n) is 7.26. The number of rotatable bonds is 9. The number of hydrogen-bond donors (Lipinski definition) is 2. The molecule has 1 rings (SSSR count). The predicted molar refractivity (Wildman–Crippen MR) is 81.1 cm³/mol. The molecular formula is C16H28N2O. The van der Waals surface area contributed by atoms with Gasteiger partial charge in [-0.2, -0.15) is 0 Å². The molecule has 0 saturated heterocycles. The van der Waals surface area contributed by atoms with E-state index >= 15 is 0 Å². The second kappa shape index (κ2) is 9.08. The van der Waals surface area contributed by atoms with Crippen molar-refractivity contribution in [2.45, 2.75) is 33.4 Å². The summed E-state index contributed by atoms with van der Waals surface area (Å²) in [5, 5.41) is 13.3. The average molecular weight is 264 g/mol. The van der Waals surface area contributed by atoms with Crippen LogP contribution in [-0.2, 0) is 6.54 Å². The normalized spacial score (nSPS) is 13.2. The van der Waals surface area contributed by atoms with Gasteiger partial charge in [-0.1, -0.05) is 51.1 Å². The monoisotopic (exact) mass is 264 g/mol. The van der Waals surface area contributed by atoms with Crippen LogP contribution in [0, 0.1) is 5.92 Å². The van der Waals surface area contributed by atoms with Crippen molar-refractivity contribution in [3.05, 3.63) is 35.9 Å². The maximum atomic E-state index is 10.0. The molecule has 3 heteroatoms. The predicted octanol–water partition coefficient (Wildman–Crippen LogP) is 2.11. The van der Waals surface area contributed by atoms with Crippen LogP contribution in [0.15, 0.2) is 30.3 Å². The Labute approximate surface area is 117 Å². The van der Waals surface area contributed by atoms with Crippen molar-refractivity contribution in [3.8, 4) is 0 Å². The van der Waals surface area contributed by atoms with Crippen LogP contribution in [-0.4, -0.2) is 42.3 Å². The lowest BCUT2D eigenvalue weighted by Crippen LogP contribution is -2.38. The third kappa shape index (κ3) is 7.31. The van der Waals surface area contributed by atoms with Crippen LogP contribution >= 0.6 is 0 Å². The number of nitrogens with zero attached hydrogens (tertiary/aromatic N) is 1. The van der Waals surface area contributed by atoms with E-state index in [4.69, 9.17) is 0 Å². The highest BCUT2D eigenvalue weighted by atomic mass is 16.3. The molecule has 0 aliphatic heterocycles. The van der Waals surface area contributed by atoms with E-state index in [1.54, 1.807) is 0 Å². The lowest BCUT2D eigenvalue weighted by molar-refractivity contribution is 0.110. The van der Waals surface area contributed by atoms with Crippen molar-refractivity contribution in [1.29, 1.82) is 0 Å². The largest absolute Gasteiger partial charge is 0.390 e. The molecule has 0 aromatic heterocycles. The molecule has 0 bridgehead atoms. The van der Waals surface area contributed by atoms with Gasteiger partial charge in [-0.25, -0.2) is 0 Å². The van der Waals surface area contributed by atoms with Gasteiger partial charge in [0.05, 0.1) is 6.10 Å². The molecule has 2 N–H and O–H groups in total. The maximum absolute atomic E-state index is 10.0. The Balaban J connectivity index is 2.31. The fourth-order valence-electron chi connectivity index (χ4n) is 2.05. The molecule has 108 valence electrons. The number of nitrogens with one attached hydrogen (secondary N) is 1. The van der Waals surface area contributed by atoms with Crippen LogP contribution in [0.1, 0.15) is 26.3 Å². The molecule has 1 atom stereocenters. The van der Waals surface area contributed by atoms with E-state index in [2.05, 4.69) is 55.3 Å². The van der Waals surface area contributed by atoms with Gasteiger partial charge in [0.15, 0.2) is 0 Å². The first-order valence-corrected chi connectivity index (χ1v) is 7.26. The van der Waals surface area contributed by atoms with E-state index < -0.39 is 0 Å². The van der Waals surface area contributed by atoms with Crippen molar-refractivity contribution in [1.82, 2.24) is 10.2 Å². The Hall–Kier alpha value is -0.900.